The molecule has 15 heteroatoms. The van der Waals surface area contributed by atoms with Crippen LogP contribution in [0.3, 0.4) is 0 Å². The van der Waals surface area contributed by atoms with Crippen molar-refractivity contribution in [2.75, 3.05) is 0 Å². The summed E-state index contributed by atoms with van der Waals surface area (Å²) < 4.78 is 34.0. The van der Waals surface area contributed by atoms with Crippen LogP contribution in [-0.2, 0) is 25.6 Å². The van der Waals surface area contributed by atoms with E-state index in [9.17, 15) is 9.59 Å². The predicted molar refractivity (Wildman–Crippen MR) is 260 cm³/mol. The Morgan fingerprint density at radius 2 is 1.06 bits per heavy atom. The highest BCUT2D eigenvalue weighted by atomic mass is 35.5. The molecule has 0 aliphatic rings. The molecule has 0 aliphatic carbocycles. The fraction of sp³-hybridized carbons (Fsp3) is 0.216. The van der Waals surface area contributed by atoms with Gasteiger partial charge in [-0.25, -0.2) is 14.7 Å². The third kappa shape index (κ3) is 15.5. The van der Waals surface area contributed by atoms with Crippen molar-refractivity contribution >= 4 is 34.8 Å². The summed E-state index contributed by atoms with van der Waals surface area (Å²) in [5, 5.41) is 11.1. The standard InChI is InChI=1S/C25H23ClN2O4.C14H13ClO.C11H11ClN2O3.CH4/c1-17(2)31-23-13-10-20(14-22(23)26)24-27-28(25(29)32-24)15-18-8-11-21(12-9-18)30-16-19-6-4-3-5-7-19;15-10-12-6-8-14(9-7-12)16-11-13-4-2-1-3-5-13;1-6(2)16-9-4-3-7(5-8(9)12)10-13-14-11(15)17-10;/h3-14,17H,15-16H2,1-2H3;1-9H,10-11H2;3-6H,1-2H3,(H,14,15);1H4. The number of alkyl halides is 1. The van der Waals surface area contributed by atoms with E-state index >= 15 is 0 Å². The van der Waals surface area contributed by atoms with Crippen molar-refractivity contribution in [3.05, 3.63) is 199 Å². The van der Waals surface area contributed by atoms with Crippen LogP contribution in [0.25, 0.3) is 22.9 Å². The summed E-state index contributed by atoms with van der Waals surface area (Å²) in [6.45, 7) is 9.05. The van der Waals surface area contributed by atoms with Gasteiger partial charge >= 0.3 is 11.5 Å². The van der Waals surface area contributed by atoms with E-state index in [1.807, 2.05) is 137 Å². The molecular weight excluding hydrogens is 903 g/mol. The van der Waals surface area contributed by atoms with Crippen LogP contribution in [0.1, 0.15) is 57.4 Å². The van der Waals surface area contributed by atoms with Crippen molar-refractivity contribution in [2.45, 2.75) is 73.0 Å². The number of H-pyrrole nitrogens is 1. The molecule has 0 fully saturated rings. The van der Waals surface area contributed by atoms with E-state index in [4.69, 9.17) is 62.6 Å². The molecule has 0 aliphatic heterocycles. The van der Waals surface area contributed by atoms with Gasteiger partial charge in [-0.05, 0) is 111 Å². The summed E-state index contributed by atoms with van der Waals surface area (Å²) in [4.78, 5) is 23.1. The molecule has 6 aromatic carbocycles. The Kier molecular flexibility index (Phi) is 19.1. The van der Waals surface area contributed by atoms with Gasteiger partial charge in [0.2, 0.25) is 11.8 Å². The number of nitrogens with one attached hydrogen (secondary N) is 1. The summed E-state index contributed by atoms with van der Waals surface area (Å²) in [5.74, 6) is 2.59. The minimum absolute atomic E-state index is 0. The third-order valence-electron chi connectivity index (χ3n) is 8.96. The van der Waals surface area contributed by atoms with Gasteiger partial charge in [-0.15, -0.1) is 21.8 Å². The smallest absolute Gasteiger partial charge is 0.437 e. The number of hydrogen-bond acceptors (Lipinski definition) is 10. The number of halogens is 3. The lowest BCUT2D eigenvalue weighted by Gasteiger charge is -2.11. The summed E-state index contributed by atoms with van der Waals surface area (Å²) >= 11 is 18.0. The highest BCUT2D eigenvalue weighted by Gasteiger charge is 2.14. The Labute approximate surface area is 398 Å². The molecule has 2 aromatic heterocycles. The molecule has 12 nitrogen and oxygen atoms in total. The van der Waals surface area contributed by atoms with Crippen LogP contribution in [0.2, 0.25) is 10.0 Å². The second-order valence-corrected chi connectivity index (χ2v) is 15.9. The Balaban J connectivity index is 0.000000203. The number of rotatable bonds is 15. The number of ether oxygens (including phenoxy) is 4. The number of nitrogens with zero attached hydrogens (tertiary/aromatic N) is 3. The number of aromatic nitrogens is 4. The first kappa shape index (κ1) is 50.3. The highest BCUT2D eigenvalue weighted by Crippen LogP contribution is 2.31. The van der Waals surface area contributed by atoms with Crippen molar-refractivity contribution in [2.24, 2.45) is 0 Å². The minimum Gasteiger partial charge on any atom is -0.489 e. The summed E-state index contributed by atoms with van der Waals surface area (Å²) in [6, 6.07) is 45.7. The first-order valence-electron chi connectivity index (χ1n) is 20.6. The minimum atomic E-state index is -0.598. The molecule has 0 saturated carbocycles. The lowest BCUT2D eigenvalue weighted by molar-refractivity contribution is 0.242. The zero-order valence-electron chi connectivity index (χ0n) is 36.1. The molecule has 0 amide bonds. The van der Waals surface area contributed by atoms with E-state index in [0.29, 0.717) is 51.8 Å². The fourth-order valence-electron chi connectivity index (χ4n) is 5.86. The molecule has 0 bridgehead atoms. The van der Waals surface area contributed by atoms with Crippen LogP contribution in [0.4, 0.5) is 0 Å². The molecule has 0 unspecified atom stereocenters. The van der Waals surface area contributed by atoms with E-state index in [-0.39, 0.29) is 38.0 Å². The summed E-state index contributed by atoms with van der Waals surface area (Å²) in [7, 11) is 0. The zero-order valence-corrected chi connectivity index (χ0v) is 38.3. The van der Waals surface area contributed by atoms with Gasteiger partial charge < -0.3 is 27.8 Å². The number of benzene rings is 6. The van der Waals surface area contributed by atoms with Crippen LogP contribution in [0.15, 0.2) is 164 Å². The normalized spacial score (nSPS) is 10.6. The molecule has 0 spiro atoms. The van der Waals surface area contributed by atoms with Gasteiger partial charge in [0, 0.05) is 17.0 Å². The lowest BCUT2D eigenvalue weighted by Crippen LogP contribution is -2.16. The van der Waals surface area contributed by atoms with Gasteiger partial charge in [0.05, 0.1) is 28.8 Å². The third-order valence-corrected chi connectivity index (χ3v) is 9.86. The van der Waals surface area contributed by atoms with E-state index in [0.717, 1.165) is 28.2 Å². The largest absolute Gasteiger partial charge is 0.489 e. The second-order valence-electron chi connectivity index (χ2n) is 14.8. The average molecular weight is 954 g/mol. The van der Waals surface area contributed by atoms with Crippen LogP contribution in [0, 0.1) is 0 Å². The summed E-state index contributed by atoms with van der Waals surface area (Å²) in [6.07, 6.45) is 0.0484. The number of hydrogen-bond donors (Lipinski definition) is 1. The molecule has 0 saturated heterocycles. The first-order chi connectivity index (χ1) is 31.4. The van der Waals surface area contributed by atoms with Gasteiger partial charge in [-0.2, -0.15) is 4.68 Å². The first-order valence-corrected chi connectivity index (χ1v) is 21.9. The van der Waals surface area contributed by atoms with E-state index < -0.39 is 11.5 Å². The van der Waals surface area contributed by atoms with Gasteiger partial charge in [-0.3, -0.25) is 0 Å². The van der Waals surface area contributed by atoms with E-state index in [1.54, 1.807) is 36.4 Å². The Bertz CT molecular complexity index is 2810. The zero-order chi connectivity index (χ0) is 46.1. The number of aromatic amines is 1. The molecule has 1 N–H and O–H groups in total. The Hall–Kier alpha value is -6.73. The maximum Gasteiger partial charge on any atom is 0.437 e. The highest BCUT2D eigenvalue weighted by molar-refractivity contribution is 6.32. The fourth-order valence-corrected chi connectivity index (χ4v) is 6.49. The molecule has 66 heavy (non-hydrogen) atoms. The van der Waals surface area contributed by atoms with Gasteiger partial charge in [0.25, 0.3) is 0 Å². The molecule has 0 radical (unpaired) electrons. The van der Waals surface area contributed by atoms with Crippen molar-refractivity contribution in [1.82, 2.24) is 20.0 Å². The van der Waals surface area contributed by atoms with Crippen LogP contribution >= 0.6 is 34.8 Å². The molecule has 2 heterocycles. The molecular formula is C51H51Cl3N4O8. The molecule has 344 valence electrons. The van der Waals surface area contributed by atoms with Crippen LogP contribution < -0.4 is 30.5 Å². The van der Waals surface area contributed by atoms with Gasteiger partial charge in [-0.1, -0.05) is 116 Å². The van der Waals surface area contributed by atoms with Crippen LogP contribution in [0.5, 0.6) is 23.0 Å². The molecule has 8 rings (SSSR count). The van der Waals surface area contributed by atoms with Gasteiger partial charge in [0.15, 0.2) is 0 Å². The second kappa shape index (κ2) is 25.1. The SMILES string of the molecule is C.CC(C)Oc1ccc(-c2n[nH]c(=O)o2)cc1Cl.CC(C)Oc1ccc(-c2nn(Cc3ccc(OCc4ccccc4)cc3)c(=O)o2)cc1Cl.ClCc1ccc(OCc2ccccc2)cc1. The lowest BCUT2D eigenvalue weighted by atomic mass is 10.2. The quantitative estimate of drug-likeness (QED) is 0.0986. The Morgan fingerprint density at radius 3 is 1.48 bits per heavy atom. The molecule has 0 atom stereocenters. The topological polar surface area (TPSA) is 144 Å². The maximum atomic E-state index is 12.3. The van der Waals surface area contributed by atoms with E-state index in [1.165, 1.54) is 10.2 Å². The van der Waals surface area contributed by atoms with Crippen molar-refractivity contribution in [3.63, 3.8) is 0 Å². The predicted octanol–water partition coefficient (Wildman–Crippen LogP) is 12.7. The van der Waals surface area contributed by atoms with E-state index in [2.05, 4.69) is 15.3 Å². The average Bonchev–Trinajstić information content (AvgIpc) is 3.92. The summed E-state index contributed by atoms with van der Waals surface area (Å²) in [5.41, 5.74) is 5.49. The van der Waals surface area contributed by atoms with Crippen molar-refractivity contribution in [3.8, 4) is 45.9 Å². The van der Waals surface area contributed by atoms with Crippen LogP contribution in [-0.4, -0.2) is 32.2 Å². The molecule has 8 aromatic rings. The van der Waals surface area contributed by atoms with Gasteiger partial charge in [0.1, 0.15) is 36.2 Å². The van der Waals surface area contributed by atoms with Crippen molar-refractivity contribution in [1.29, 1.82) is 0 Å². The Morgan fingerprint density at radius 1 is 0.591 bits per heavy atom. The monoisotopic (exact) mass is 952 g/mol. The maximum absolute atomic E-state index is 12.3. The van der Waals surface area contributed by atoms with Crippen molar-refractivity contribution < 1.29 is 27.8 Å².